The Bertz CT molecular complexity index is 1080. The largest absolute Gasteiger partial charge is 0.362 e. The Kier molecular flexibility index (Phi) is 5.12. The summed E-state index contributed by atoms with van der Waals surface area (Å²) in [6, 6.07) is 12.5. The minimum atomic E-state index is -3.85. The predicted molar refractivity (Wildman–Crippen MR) is 109 cm³/mol. The molecular weight excluding hydrogens is 393 g/mol. The van der Waals surface area contributed by atoms with E-state index in [1.54, 1.807) is 30.3 Å². The van der Waals surface area contributed by atoms with Crippen LogP contribution in [0.4, 0.5) is 10.1 Å². The molecule has 0 bridgehead atoms. The highest BCUT2D eigenvalue weighted by Gasteiger charge is 2.45. The molecule has 0 spiro atoms. The summed E-state index contributed by atoms with van der Waals surface area (Å²) in [4.78, 5) is 14.4. The van der Waals surface area contributed by atoms with Gasteiger partial charge in [-0.05, 0) is 48.6 Å². The molecule has 152 valence electrons. The summed E-state index contributed by atoms with van der Waals surface area (Å²) in [5, 5.41) is 2.75. The van der Waals surface area contributed by atoms with Crippen molar-refractivity contribution in [1.82, 2.24) is 4.90 Å². The Morgan fingerprint density at radius 1 is 1.21 bits per heavy atom. The number of benzene rings is 2. The van der Waals surface area contributed by atoms with Gasteiger partial charge in [0.05, 0.1) is 4.90 Å². The molecule has 2 unspecified atom stereocenters. The van der Waals surface area contributed by atoms with E-state index in [0.29, 0.717) is 29.9 Å². The van der Waals surface area contributed by atoms with Crippen LogP contribution in [0.2, 0.25) is 0 Å². The van der Waals surface area contributed by atoms with Gasteiger partial charge >= 0.3 is 0 Å². The van der Waals surface area contributed by atoms with Gasteiger partial charge < -0.3 is 10.2 Å². The summed E-state index contributed by atoms with van der Waals surface area (Å²) >= 11 is 0. The summed E-state index contributed by atoms with van der Waals surface area (Å²) in [5.41, 5.74) is 0.927. The van der Waals surface area contributed by atoms with Gasteiger partial charge in [0.2, 0.25) is 5.91 Å². The predicted octanol–water partition coefficient (Wildman–Crippen LogP) is 3.38. The molecule has 1 amide bonds. The minimum Gasteiger partial charge on any atom is -0.362 e. The van der Waals surface area contributed by atoms with Crippen molar-refractivity contribution >= 4 is 27.5 Å². The molecule has 8 heteroatoms. The number of amidine groups is 1. The monoisotopic (exact) mass is 415 g/mol. The zero-order valence-corrected chi connectivity index (χ0v) is 16.8. The van der Waals surface area contributed by atoms with Crippen LogP contribution in [0.1, 0.15) is 30.7 Å². The van der Waals surface area contributed by atoms with Crippen molar-refractivity contribution in [2.75, 3.05) is 18.9 Å². The first kappa shape index (κ1) is 19.6. The second-order valence-corrected chi connectivity index (χ2v) is 9.10. The average Bonchev–Trinajstić information content (AvgIpc) is 3.39. The zero-order valence-electron chi connectivity index (χ0n) is 16.0. The molecule has 6 nitrogen and oxygen atoms in total. The second-order valence-electron chi connectivity index (χ2n) is 7.49. The Morgan fingerprint density at radius 3 is 2.72 bits per heavy atom. The lowest BCUT2D eigenvalue weighted by molar-refractivity contribution is -0.117. The number of carbonyl (C=O) groups excluding carboxylic acids is 1. The molecule has 2 atom stereocenters. The molecular formula is C21H22FN3O3S. The van der Waals surface area contributed by atoms with Crippen LogP contribution in [0.25, 0.3) is 0 Å². The van der Waals surface area contributed by atoms with Gasteiger partial charge in [-0.1, -0.05) is 24.3 Å². The van der Waals surface area contributed by atoms with E-state index < -0.39 is 10.0 Å². The molecule has 29 heavy (non-hydrogen) atoms. The number of sulfonamides is 1. The maximum absolute atomic E-state index is 13.9. The van der Waals surface area contributed by atoms with Gasteiger partial charge in [-0.15, -0.1) is 4.40 Å². The zero-order chi connectivity index (χ0) is 20.6. The van der Waals surface area contributed by atoms with Gasteiger partial charge in [-0.3, -0.25) is 4.79 Å². The minimum absolute atomic E-state index is 0.0320. The number of anilines is 1. The lowest BCUT2D eigenvalue weighted by Gasteiger charge is -2.11. The van der Waals surface area contributed by atoms with Crippen LogP contribution in [-0.2, 0) is 14.8 Å². The molecule has 2 aliphatic rings. The first-order chi connectivity index (χ1) is 13.8. The molecule has 0 aromatic heterocycles. The first-order valence-electron chi connectivity index (χ1n) is 9.55. The van der Waals surface area contributed by atoms with Crippen LogP contribution in [0.15, 0.2) is 57.8 Å². The Labute approximate surface area is 169 Å². The van der Waals surface area contributed by atoms with Gasteiger partial charge in [-0.2, -0.15) is 8.42 Å². The fourth-order valence-corrected chi connectivity index (χ4v) is 4.81. The van der Waals surface area contributed by atoms with Crippen LogP contribution < -0.4 is 5.32 Å². The summed E-state index contributed by atoms with van der Waals surface area (Å²) in [7, 11) is -2.03. The van der Waals surface area contributed by atoms with Crippen molar-refractivity contribution < 1.29 is 17.6 Å². The lowest BCUT2D eigenvalue weighted by Crippen LogP contribution is -2.20. The highest BCUT2D eigenvalue weighted by molar-refractivity contribution is 7.90. The fourth-order valence-electron chi connectivity index (χ4n) is 3.67. The van der Waals surface area contributed by atoms with Crippen molar-refractivity contribution in [2.24, 2.45) is 10.3 Å². The van der Waals surface area contributed by atoms with Gasteiger partial charge in [0.15, 0.2) is 0 Å². The quantitative estimate of drug-likeness (QED) is 0.812. The maximum atomic E-state index is 13.9. The number of nitrogens with one attached hydrogen (secondary N) is 1. The Balaban J connectivity index is 1.47. The van der Waals surface area contributed by atoms with Crippen molar-refractivity contribution in [2.45, 2.75) is 30.1 Å². The SMILES string of the molecule is CN1CCCC1=NS(=O)(=O)c1cccc(NC(=O)C2CC2c2ccccc2F)c1. The van der Waals surface area contributed by atoms with Crippen LogP contribution in [0, 0.1) is 11.7 Å². The van der Waals surface area contributed by atoms with Crippen LogP contribution >= 0.6 is 0 Å². The number of rotatable bonds is 5. The topological polar surface area (TPSA) is 78.8 Å². The number of likely N-dealkylation sites (tertiary alicyclic amines) is 1. The molecule has 1 heterocycles. The van der Waals surface area contributed by atoms with Crippen molar-refractivity contribution in [3.63, 3.8) is 0 Å². The molecule has 4 rings (SSSR count). The Hall–Kier alpha value is -2.74. The van der Waals surface area contributed by atoms with Crippen molar-refractivity contribution in [1.29, 1.82) is 0 Å². The highest BCUT2D eigenvalue weighted by atomic mass is 32.2. The smallest absolute Gasteiger partial charge is 0.284 e. The second kappa shape index (κ2) is 7.59. The molecule has 0 radical (unpaired) electrons. The third-order valence-electron chi connectivity index (χ3n) is 5.39. The third kappa shape index (κ3) is 4.17. The number of hydrogen-bond acceptors (Lipinski definition) is 3. The summed E-state index contributed by atoms with van der Waals surface area (Å²) in [6.45, 7) is 0.787. The van der Waals surface area contributed by atoms with E-state index in [1.807, 2.05) is 11.9 Å². The van der Waals surface area contributed by atoms with E-state index in [2.05, 4.69) is 9.71 Å². The number of hydrogen-bond donors (Lipinski definition) is 1. The molecule has 1 N–H and O–H groups in total. The fraction of sp³-hybridized carbons (Fsp3) is 0.333. The molecule has 1 aliphatic carbocycles. The number of amides is 1. The Morgan fingerprint density at radius 2 is 2.00 bits per heavy atom. The van der Waals surface area contributed by atoms with E-state index in [1.165, 1.54) is 18.2 Å². The number of halogens is 1. The van der Waals surface area contributed by atoms with Crippen LogP contribution in [0.3, 0.4) is 0 Å². The normalized spacial score (nSPS) is 22.7. The standard InChI is InChI=1S/C21H22FN3O3S/c1-25-11-5-10-20(25)24-29(27,28)15-7-4-6-14(12-15)23-21(26)18-13-17(18)16-8-2-3-9-19(16)22/h2-4,6-9,12,17-18H,5,10-11,13H2,1H3,(H,23,26). The van der Waals surface area contributed by atoms with Crippen LogP contribution in [0.5, 0.6) is 0 Å². The van der Waals surface area contributed by atoms with E-state index in [0.717, 1.165) is 13.0 Å². The summed E-state index contributed by atoms with van der Waals surface area (Å²) in [6.07, 6.45) is 2.08. The van der Waals surface area contributed by atoms with E-state index in [4.69, 9.17) is 0 Å². The maximum Gasteiger partial charge on any atom is 0.284 e. The molecule has 1 saturated heterocycles. The lowest BCUT2D eigenvalue weighted by atomic mass is 10.1. The number of carbonyl (C=O) groups is 1. The average molecular weight is 415 g/mol. The van der Waals surface area contributed by atoms with Crippen molar-refractivity contribution in [3.05, 3.63) is 59.9 Å². The summed E-state index contributed by atoms with van der Waals surface area (Å²) < 4.78 is 43.1. The van der Waals surface area contributed by atoms with Gasteiger partial charge in [0, 0.05) is 31.6 Å². The van der Waals surface area contributed by atoms with Gasteiger partial charge in [0.1, 0.15) is 11.7 Å². The first-order valence-corrected chi connectivity index (χ1v) is 11.0. The van der Waals surface area contributed by atoms with E-state index in [9.17, 15) is 17.6 Å². The van der Waals surface area contributed by atoms with Gasteiger partial charge in [0.25, 0.3) is 10.0 Å². The van der Waals surface area contributed by atoms with E-state index in [-0.39, 0.29) is 28.5 Å². The molecule has 2 aromatic rings. The highest BCUT2D eigenvalue weighted by Crippen LogP contribution is 2.48. The molecule has 2 fully saturated rings. The van der Waals surface area contributed by atoms with E-state index >= 15 is 0 Å². The summed E-state index contributed by atoms with van der Waals surface area (Å²) in [5.74, 6) is -0.469. The van der Waals surface area contributed by atoms with Crippen LogP contribution in [-0.4, -0.2) is 38.7 Å². The van der Waals surface area contributed by atoms with Crippen molar-refractivity contribution in [3.8, 4) is 0 Å². The third-order valence-corrected chi connectivity index (χ3v) is 6.69. The molecule has 1 aliphatic heterocycles. The van der Waals surface area contributed by atoms with Gasteiger partial charge in [-0.25, -0.2) is 4.39 Å². The number of nitrogens with zero attached hydrogens (tertiary/aromatic N) is 2. The molecule has 1 saturated carbocycles. The molecule has 2 aromatic carbocycles.